The number of likely N-dealkylation sites (tertiary alicyclic amines) is 1. The van der Waals surface area contributed by atoms with Gasteiger partial charge in [-0.05, 0) is 136 Å². The molecule has 0 saturated carbocycles. The van der Waals surface area contributed by atoms with Gasteiger partial charge in [0.05, 0.1) is 30.1 Å². The molecule has 2 fully saturated rings. The molecule has 2 aliphatic rings. The molecule has 2 unspecified atom stereocenters. The Kier molecular flexibility index (Phi) is 32.0. The van der Waals surface area contributed by atoms with Crippen molar-refractivity contribution in [3.05, 3.63) is 191 Å². The molecule has 390 valence electrons. The zero-order valence-corrected chi connectivity index (χ0v) is 49.3. The number of pyridine rings is 2. The topological polar surface area (TPSA) is 167 Å². The third-order valence-corrected chi connectivity index (χ3v) is 11.8. The van der Waals surface area contributed by atoms with Crippen molar-refractivity contribution >= 4 is 34.2 Å². The second kappa shape index (κ2) is 36.5. The summed E-state index contributed by atoms with van der Waals surface area (Å²) in [5, 5.41) is 18.4. The van der Waals surface area contributed by atoms with Crippen LogP contribution in [0, 0.1) is 46.7 Å². The van der Waals surface area contributed by atoms with E-state index < -0.39 is 29.3 Å². The standard InChI is InChI=1S/C26H26F3N3O2.C18H20FN3O.C8H7BrF2O.CH2O3.2K.H/c27-20-9-7-18(8-10-20)24(23-6-1-2-13-30-23)31-26(33)19-11-14-32(15-12-19)16-17-34-25-21(28)4-3-5-22(25)29;19-15-6-4-13(5-7-15)17(16-3-1-2-10-21-16)22-18(23)14-8-11-20-12-9-14;9-4-5-12-8-6(10)2-1-3-7(8)11;2-1-4-3;;;/h1-10,13,19,24H,11-12,14-17H2,(H,31,33);1-7,10,14,17,20H,8-9,11-12H2,(H,22,23);1-3H,4-5H2;1,3H;;;/q;;;;2*+1;-1/p-1. The number of nitrogens with one attached hydrogen (secondary N) is 3. The van der Waals surface area contributed by atoms with Gasteiger partial charge in [-0.15, -0.1) is 0 Å². The first-order valence-corrected chi connectivity index (χ1v) is 24.3. The summed E-state index contributed by atoms with van der Waals surface area (Å²) in [5.41, 5.74) is 3.01. The average molecular weight is 1160 g/mol. The molecule has 22 heteroatoms. The summed E-state index contributed by atoms with van der Waals surface area (Å²) in [4.78, 5) is 47.7. The van der Waals surface area contributed by atoms with Crippen LogP contribution in [0.25, 0.3) is 0 Å². The number of alkyl halides is 1. The molecular formula is C53H55BrF6K2N6O7. The third kappa shape index (κ3) is 22.4. The third-order valence-electron chi connectivity index (χ3n) is 11.5. The Morgan fingerprint density at radius 1 is 0.640 bits per heavy atom. The summed E-state index contributed by atoms with van der Waals surface area (Å²) in [6.07, 6.45) is 6.33. The van der Waals surface area contributed by atoms with Crippen LogP contribution in [0.1, 0.15) is 61.7 Å². The first kappa shape index (κ1) is 65.7. The Morgan fingerprint density at radius 2 is 1.04 bits per heavy atom. The van der Waals surface area contributed by atoms with Crippen LogP contribution >= 0.6 is 15.9 Å². The van der Waals surface area contributed by atoms with E-state index in [4.69, 9.17) is 19.5 Å². The smallest absolute Gasteiger partial charge is 1.00 e. The summed E-state index contributed by atoms with van der Waals surface area (Å²) in [6.45, 7) is 3.80. The molecule has 13 nitrogen and oxygen atoms in total. The molecule has 2 aliphatic heterocycles. The Balaban J connectivity index is 0.000000406. The molecule has 6 aromatic rings. The largest absolute Gasteiger partial charge is 1.00 e. The maximum atomic E-state index is 13.7. The number of aromatic nitrogens is 2. The zero-order chi connectivity index (χ0) is 52.4. The van der Waals surface area contributed by atoms with E-state index in [1.165, 1.54) is 36.4 Å². The maximum absolute atomic E-state index is 13.7. The molecule has 0 bridgehead atoms. The Hall–Kier alpha value is -3.60. The van der Waals surface area contributed by atoms with Crippen LogP contribution in [0.5, 0.6) is 11.5 Å². The van der Waals surface area contributed by atoms with Gasteiger partial charge in [0, 0.05) is 36.1 Å². The molecule has 0 aliphatic carbocycles. The van der Waals surface area contributed by atoms with Gasteiger partial charge in [0.2, 0.25) is 11.8 Å². The molecule has 4 aromatic carbocycles. The SMILES string of the molecule is Fc1cccc(F)c1OCCBr.O=C(NC(c1ccc(F)cc1)c1ccccn1)C1CCN(CCOc2c(F)cccc2F)CC1.O=C(NC(c1ccc(F)cc1)c1ccccn1)C1CCNCC1.O=CO[O-].[H-].[K+].[K+]. The number of carbonyl (C=O) groups excluding carboxylic acids is 3. The van der Waals surface area contributed by atoms with Crippen LogP contribution in [0.4, 0.5) is 26.3 Å². The first-order chi connectivity index (χ1) is 35.4. The number of hydrogen-bond donors (Lipinski definition) is 3. The molecule has 3 N–H and O–H groups in total. The zero-order valence-electron chi connectivity index (χ0n) is 42.4. The molecule has 2 amide bonds. The first-order valence-electron chi connectivity index (χ1n) is 23.2. The summed E-state index contributed by atoms with van der Waals surface area (Å²) in [6, 6.07) is 29.7. The number of piperidine rings is 2. The van der Waals surface area contributed by atoms with Crippen molar-refractivity contribution in [2.45, 2.75) is 37.8 Å². The van der Waals surface area contributed by atoms with Crippen LogP contribution in [0.15, 0.2) is 134 Å². The molecule has 4 heterocycles. The molecule has 8 rings (SSSR count). The second-order valence-corrected chi connectivity index (χ2v) is 17.1. The van der Waals surface area contributed by atoms with Crippen molar-refractivity contribution in [2.75, 3.05) is 51.3 Å². The van der Waals surface area contributed by atoms with Crippen LogP contribution in [0.3, 0.4) is 0 Å². The van der Waals surface area contributed by atoms with Crippen molar-refractivity contribution < 1.29 is 165 Å². The van der Waals surface area contributed by atoms with Gasteiger partial charge in [0.25, 0.3) is 6.47 Å². The average Bonchev–Trinajstić information content (AvgIpc) is 3.42. The van der Waals surface area contributed by atoms with Crippen molar-refractivity contribution in [1.82, 2.24) is 30.8 Å². The Morgan fingerprint density at radius 3 is 1.41 bits per heavy atom. The van der Waals surface area contributed by atoms with Gasteiger partial charge < -0.3 is 37.0 Å². The van der Waals surface area contributed by atoms with E-state index in [-0.39, 0.29) is 177 Å². The molecule has 0 spiro atoms. The fraction of sp³-hybridized carbons (Fsp3) is 0.302. The minimum absolute atomic E-state index is 0. The van der Waals surface area contributed by atoms with Crippen molar-refractivity contribution in [3.63, 3.8) is 0 Å². The fourth-order valence-corrected chi connectivity index (χ4v) is 7.90. The van der Waals surface area contributed by atoms with Gasteiger partial charge in [-0.3, -0.25) is 29.3 Å². The predicted octanol–water partition coefficient (Wildman–Crippen LogP) is 2.22. The monoisotopic (exact) mass is 1160 g/mol. The number of rotatable bonds is 16. The van der Waals surface area contributed by atoms with E-state index in [0.717, 1.165) is 67.0 Å². The van der Waals surface area contributed by atoms with Crippen LogP contribution < -0.4 is 133 Å². The minimum Gasteiger partial charge on any atom is -1.00 e. The maximum Gasteiger partial charge on any atom is 1.00 e. The minimum atomic E-state index is -0.723. The molecular weight excluding hydrogens is 1100 g/mol. The van der Waals surface area contributed by atoms with Crippen LogP contribution in [-0.2, 0) is 19.3 Å². The van der Waals surface area contributed by atoms with E-state index >= 15 is 0 Å². The number of carbonyl (C=O) groups is 3. The number of nitrogens with zero attached hydrogens (tertiary/aromatic N) is 3. The summed E-state index contributed by atoms with van der Waals surface area (Å²) in [5.74, 6) is -4.30. The Bertz CT molecular complexity index is 2560. The van der Waals surface area contributed by atoms with Crippen molar-refractivity contribution in [2.24, 2.45) is 11.8 Å². The van der Waals surface area contributed by atoms with Crippen molar-refractivity contribution in [3.8, 4) is 11.5 Å². The molecule has 2 atom stereocenters. The summed E-state index contributed by atoms with van der Waals surface area (Å²) < 4.78 is 89.7. The molecule has 0 radical (unpaired) electrons. The van der Waals surface area contributed by atoms with Gasteiger partial charge in [-0.25, -0.2) is 26.3 Å². The Labute approximate surface area is 526 Å². The van der Waals surface area contributed by atoms with Gasteiger partial charge in [-0.2, -0.15) is 0 Å². The number of amides is 2. The van der Waals surface area contributed by atoms with Gasteiger partial charge >= 0.3 is 103 Å². The summed E-state index contributed by atoms with van der Waals surface area (Å²) >= 11 is 3.09. The number of halogens is 7. The van der Waals surface area contributed by atoms with E-state index in [1.54, 1.807) is 42.7 Å². The van der Waals surface area contributed by atoms with E-state index in [2.05, 4.69) is 51.6 Å². The van der Waals surface area contributed by atoms with E-state index in [9.17, 15) is 35.9 Å². The van der Waals surface area contributed by atoms with E-state index in [0.29, 0.717) is 43.5 Å². The molecule has 75 heavy (non-hydrogen) atoms. The predicted molar refractivity (Wildman–Crippen MR) is 262 cm³/mol. The fourth-order valence-electron chi connectivity index (χ4n) is 7.74. The van der Waals surface area contributed by atoms with Crippen LogP contribution in [0.2, 0.25) is 0 Å². The van der Waals surface area contributed by atoms with Gasteiger partial charge in [-0.1, -0.05) is 64.5 Å². The van der Waals surface area contributed by atoms with Gasteiger partial charge in [0.1, 0.15) is 18.2 Å². The van der Waals surface area contributed by atoms with Crippen molar-refractivity contribution in [1.29, 1.82) is 0 Å². The van der Waals surface area contributed by atoms with E-state index in [1.807, 2.05) is 30.3 Å². The number of para-hydroxylation sites is 2. The number of benzene rings is 4. The number of hydrogen-bond acceptors (Lipinski definition) is 11. The molecule has 2 saturated heterocycles. The molecule has 2 aromatic heterocycles. The quantitative estimate of drug-likeness (QED) is 0.0325. The van der Waals surface area contributed by atoms with Crippen LogP contribution in [-0.4, -0.2) is 84.4 Å². The van der Waals surface area contributed by atoms with Gasteiger partial charge in [0.15, 0.2) is 34.8 Å². The second-order valence-electron chi connectivity index (χ2n) is 16.3. The normalized spacial score (nSPS) is 14.1. The summed E-state index contributed by atoms with van der Waals surface area (Å²) in [7, 11) is 0. The number of ether oxygens (including phenoxy) is 2.